The van der Waals surface area contributed by atoms with Gasteiger partial charge in [-0.3, -0.25) is 4.79 Å². The zero-order chi connectivity index (χ0) is 8.55. The molecule has 0 saturated heterocycles. The largest absolute Gasteiger partial charge is 0.310 e. The minimum Gasteiger partial charge on any atom is -0.310 e. The SMILES string of the molecule is O=C1CCc2c(Br)ccnc2N1. The summed E-state index contributed by atoms with van der Waals surface area (Å²) in [6.45, 7) is 0. The lowest BCUT2D eigenvalue weighted by Crippen LogP contribution is -2.20. The summed E-state index contributed by atoms with van der Waals surface area (Å²) >= 11 is 3.41. The minimum absolute atomic E-state index is 0.0492. The molecular weight excluding hydrogens is 220 g/mol. The summed E-state index contributed by atoms with van der Waals surface area (Å²) in [6, 6.07) is 1.89. The first kappa shape index (κ1) is 7.73. The van der Waals surface area contributed by atoms with Crippen molar-refractivity contribution < 1.29 is 4.79 Å². The zero-order valence-electron chi connectivity index (χ0n) is 6.30. The van der Waals surface area contributed by atoms with Crippen molar-refractivity contribution in [2.75, 3.05) is 5.32 Å². The van der Waals surface area contributed by atoms with Crippen LogP contribution in [-0.4, -0.2) is 10.9 Å². The fourth-order valence-electron chi connectivity index (χ4n) is 1.25. The van der Waals surface area contributed by atoms with Crippen LogP contribution in [0.4, 0.5) is 5.82 Å². The van der Waals surface area contributed by atoms with Gasteiger partial charge in [0.25, 0.3) is 0 Å². The molecule has 3 nitrogen and oxygen atoms in total. The van der Waals surface area contributed by atoms with Gasteiger partial charge in [0.1, 0.15) is 5.82 Å². The Labute approximate surface area is 78.3 Å². The van der Waals surface area contributed by atoms with E-state index >= 15 is 0 Å². The van der Waals surface area contributed by atoms with Crippen LogP contribution in [0.5, 0.6) is 0 Å². The molecule has 1 aliphatic rings. The van der Waals surface area contributed by atoms with E-state index in [0.717, 1.165) is 16.5 Å². The molecule has 0 spiro atoms. The highest BCUT2D eigenvalue weighted by molar-refractivity contribution is 9.10. The molecule has 0 bridgehead atoms. The Bertz CT molecular complexity index is 338. The second-order valence-corrected chi connectivity index (χ2v) is 3.52. The fourth-order valence-corrected chi connectivity index (χ4v) is 1.75. The molecule has 2 heterocycles. The maximum absolute atomic E-state index is 11.0. The van der Waals surface area contributed by atoms with Crippen molar-refractivity contribution in [2.24, 2.45) is 0 Å². The normalized spacial score (nSPS) is 15.2. The van der Waals surface area contributed by atoms with Gasteiger partial charge in [0.05, 0.1) is 0 Å². The minimum atomic E-state index is 0.0492. The summed E-state index contributed by atoms with van der Waals surface area (Å²) in [7, 11) is 0. The number of fused-ring (bicyclic) bond motifs is 1. The van der Waals surface area contributed by atoms with Crippen molar-refractivity contribution in [1.29, 1.82) is 0 Å². The van der Waals surface area contributed by atoms with Crippen molar-refractivity contribution in [3.05, 3.63) is 22.3 Å². The van der Waals surface area contributed by atoms with E-state index in [9.17, 15) is 4.79 Å². The van der Waals surface area contributed by atoms with Gasteiger partial charge in [-0.2, -0.15) is 0 Å². The highest BCUT2D eigenvalue weighted by atomic mass is 79.9. The molecule has 0 saturated carbocycles. The zero-order valence-corrected chi connectivity index (χ0v) is 7.89. The number of nitrogens with zero attached hydrogens (tertiary/aromatic N) is 1. The Balaban J connectivity index is 2.48. The monoisotopic (exact) mass is 226 g/mol. The van der Waals surface area contributed by atoms with Crippen LogP contribution in [0.15, 0.2) is 16.7 Å². The molecule has 0 unspecified atom stereocenters. The Morgan fingerprint density at radius 3 is 3.17 bits per heavy atom. The van der Waals surface area contributed by atoms with E-state index in [0.29, 0.717) is 12.2 Å². The van der Waals surface area contributed by atoms with E-state index in [1.54, 1.807) is 6.20 Å². The van der Waals surface area contributed by atoms with Crippen LogP contribution in [-0.2, 0) is 11.2 Å². The molecule has 1 N–H and O–H groups in total. The quantitative estimate of drug-likeness (QED) is 0.733. The highest BCUT2D eigenvalue weighted by Gasteiger charge is 2.17. The molecule has 0 aliphatic carbocycles. The standard InChI is InChI=1S/C8H7BrN2O/c9-6-3-4-10-8-5(6)1-2-7(12)11-8/h3-4H,1-2H2,(H,10,11,12). The summed E-state index contributed by atoms with van der Waals surface area (Å²) < 4.78 is 1.02. The van der Waals surface area contributed by atoms with Crippen LogP contribution in [0.2, 0.25) is 0 Å². The summed E-state index contributed by atoms with van der Waals surface area (Å²) in [5.41, 5.74) is 1.09. The number of aromatic nitrogens is 1. The number of amides is 1. The molecule has 0 fully saturated rings. The van der Waals surface area contributed by atoms with Crippen molar-refractivity contribution in [1.82, 2.24) is 4.98 Å². The predicted molar refractivity (Wildman–Crippen MR) is 48.9 cm³/mol. The molecule has 62 valence electrons. The predicted octanol–water partition coefficient (Wildman–Crippen LogP) is 1.73. The lowest BCUT2D eigenvalue weighted by molar-refractivity contribution is -0.116. The Morgan fingerprint density at radius 1 is 1.50 bits per heavy atom. The smallest absolute Gasteiger partial charge is 0.225 e. The molecule has 12 heavy (non-hydrogen) atoms. The summed E-state index contributed by atoms with van der Waals surface area (Å²) in [5.74, 6) is 0.744. The van der Waals surface area contributed by atoms with Gasteiger partial charge in [0.15, 0.2) is 0 Å². The number of carbonyl (C=O) groups is 1. The van der Waals surface area contributed by atoms with Crippen LogP contribution in [0.3, 0.4) is 0 Å². The highest BCUT2D eigenvalue weighted by Crippen LogP contribution is 2.26. The second-order valence-electron chi connectivity index (χ2n) is 2.67. The first-order chi connectivity index (χ1) is 5.77. The van der Waals surface area contributed by atoms with Crippen LogP contribution >= 0.6 is 15.9 Å². The molecule has 1 aromatic rings. The van der Waals surface area contributed by atoms with Crippen molar-refractivity contribution >= 4 is 27.7 Å². The first-order valence-corrected chi connectivity index (χ1v) is 4.50. The van der Waals surface area contributed by atoms with E-state index in [-0.39, 0.29) is 5.91 Å². The Hall–Kier alpha value is -0.900. The second kappa shape index (κ2) is 2.86. The maximum Gasteiger partial charge on any atom is 0.225 e. The number of hydrogen-bond donors (Lipinski definition) is 1. The average Bonchev–Trinajstić information content (AvgIpc) is 2.04. The van der Waals surface area contributed by atoms with Gasteiger partial charge in [-0.1, -0.05) is 15.9 Å². The van der Waals surface area contributed by atoms with Gasteiger partial charge in [0, 0.05) is 22.7 Å². The number of rotatable bonds is 0. The van der Waals surface area contributed by atoms with Gasteiger partial charge in [-0.15, -0.1) is 0 Å². The summed E-state index contributed by atoms with van der Waals surface area (Å²) in [5, 5.41) is 2.72. The number of halogens is 1. The Kier molecular flexibility index (Phi) is 1.84. The average molecular weight is 227 g/mol. The molecule has 1 amide bonds. The lowest BCUT2D eigenvalue weighted by atomic mass is 10.1. The number of nitrogens with one attached hydrogen (secondary N) is 1. The van der Waals surface area contributed by atoms with Crippen LogP contribution in [0.1, 0.15) is 12.0 Å². The van der Waals surface area contributed by atoms with Crippen LogP contribution in [0.25, 0.3) is 0 Å². The van der Waals surface area contributed by atoms with E-state index in [2.05, 4.69) is 26.2 Å². The lowest BCUT2D eigenvalue weighted by Gasteiger charge is -2.15. The topological polar surface area (TPSA) is 42.0 Å². The van der Waals surface area contributed by atoms with Crippen molar-refractivity contribution in [2.45, 2.75) is 12.8 Å². The van der Waals surface area contributed by atoms with Crippen molar-refractivity contribution in [3.8, 4) is 0 Å². The van der Waals surface area contributed by atoms with E-state index in [1.165, 1.54) is 0 Å². The van der Waals surface area contributed by atoms with E-state index in [1.807, 2.05) is 6.07 Å². The summed E-state index contributed by atoms with van der Waals surface area (Å²) in [4.78, 5) is 15.0. The third-order valence-electron chi connectivity index (χ3n) is 1.86. The van der Waals surface area contributed by atoms with Gasteiger partial charge >= 0.3 is 0 Å². The molecule has 2 rings (SSSR count). The van der Waals surface area contributed by atoms with Gasteiger partial charge < -0.3 is 5.32 Å². The fraction of sp³-hybridized carbons (Fsp3) is 0.250. The maximum atomic E-state index is 11.0. The third kappa shape index (κ3) is 1.22. The Morgan fingerprint density at radius 2 is 2.33 bits per heavy atom. The molecule has 4 heteroatoms. The van der Waals surface area contributed by atoms with E-state index < -0.39 is 0 Å². The molecule has 0 radical (unpaired) electrons. The van der Waals surface area contributed by atoms with Crippen LogP contribution < -0.4 is 5.32 Å². The molecular formula is C8H7BrN2O. The third-order valence-corrected chi connectivity index (χ3v) is 2.60. The first-order valence-electron chi connectivity index (χ1n) is 3.70. The molecule has 1 aliphatic heterocycles. The number of anilines is 1. The molecule has 0 aromatic carbocycles. The van der Waals surface area contributed by atoms with Gasteiger partial charge in [-0.05, 0) is 12.5 Å². The van der Waals surface area contributed by atoms with Gasteiger partial charge in [0.2, 0.25) is 5.91 Å². The van der Waals surface area contributed by atoms with Crippen LogP contribution in [0, 0.1) is 0 Å². The number of hydrogen-bond acceptors (Lipinski definition) is 2. The van der Waals surface area contributed by atoms with Crippen molar-refractivity contribution in [3.63, 3.8) is 0 Å². The number of carbonyl (C=O) groups excluding carboxylic acids is 1. The molecule has 0 atom stereocenters. The molecule has 1 aromatic heterocycles. The van der Waals surface area contributed by atoms with E-state index in [4.69, 9.17) is 0 Å². The summed E-state index contributed by atoms with van der Waals surface area (Å²) in [6.07, 6.45) is 3.00. The van der Waals surface area contributed by atoms with Gasteiger partial charge in [-0.25, -0.2) is 4.98 Å². The number of pyridine rings is 1.